The molecular formula is C15H16ClNO2S. The summed E-state index contributed by atoms with van der Waals surface area (Å²) in [4.78, 5) is 13.1. The van der Waals surface area contributed by atoms with Gasteiger partial charge in [-0.1, -0.05) is 12.1 Å². The summed E-state index contributed by atoms with van der Waals surface area (Å²) in [6, 6.07) is 7.62. The van der Waals surface area contributed by atoms with Gasteiger partial charge in [0.1, 0.15) is 5.75 Å². The second-order valence-electron chi connectivity index (χ2n) is 4.38. The Morgan fingerprint density at radius 3 is 2.65 bits per heavy atom. The molecule has 5 heteroatoms. The zero-order valence-electron chi connectivity index (χ0n) is 11.4. The molecule has 1 N–H and O–H groups in total. The van der Waals surface area contributed by atoms with Gasteiger partial charge < -0.3 is 10.1 Å². The molecule has 0 spiro atoms. The molecule has 0 atom stereocenters. The van der Waals surface area contributed by atoms with Crippen LogP contribution in [0.1, 0.15) is 26.4 Å². The van der Waals surface area contributed by atoms with Crippen molar-refractivity contribution in [3.8, 4) is 5.75 Å². The highest BCUT2D eigenvalue weighted by Crippen LogP contribution is 2.23. The van der Waals surface area contributed by atoms with Crippen molar-refractivity contribution in [3.63, 3.8) is 0 Å². The van der Waals surface area contributed by atoms with E-state index in [2.05, 4.69) is 5.32 Å². The van der Waals surface area contributed by atoms with E-state index >= 15 is 0 Å². The molecule has 0 bridgehead atoms. The first-order valence-corrected chi connectivity index (χ1v) is 7.61. The molecule has 1 amide bonds. The van der Waals surface area contributed by atoms with Gasteiger partial charge in [0.25, 0.3) is 5.91 Å². The highest BCUT2D eigenvalue weighted by molar-refractivity contribution is 7.10. The first-order valence-electron chi connectivity index (χ1n) is 6.19. The second-order valence-corrected chi connectivity index (χ2v) is 5.61. The first-order chi connectivity index (χ1) is 9.65. The molecule has 2 aromatic rings. The average molecular weight is 310 g/mol. The molecule has 106 valence electrons. The number of carbonyl (C=O) groups excluding carboxylic acids is 1. The van der Waals surface area contributed by atoms with Crippen LogP contribution in [0.3, 0.4) is 0 Å². The molecule has 0 unspecified atom stereocenters. The van der Waals surface area contributed by atoms with E-state index in [1.165, 1.54) is 11.3 Å². The van der Waals surface area contributed by atoms with Gasteiger partial charge in [0.2, 0.25) is 0 Å². The lowest BCUT2D eigenvalue weighted by Crippen LogP contribution is -2.23. The van der Waals surface area contributed by atoms with Crippen LogP contribution in [0.5, 0.6) is 5.75 Å². The molecule has 0 radical (unpaired) electrons. The lowest BCUT2D eigenvalue weighted by atomic mass is 10.1. The number of methoxy groups -OCH3 is 1. The molecule has 0 saturated heterocycles. The number of carbonyl (C=O) groups is 1. The summed E-state index contributed by atoms with van der Waals surface area (Å²) in [5.74, 6) is 1.09. The lowest BCUT2D eigenvalue weighted by Gasteiger charge is -2.07. The normalized spacial score (nSPS) is 10.3. The highest BCUT2D eigenvalue weighted by Gasteiger charge is 2.15. The minimum absolute atomic E-state index is 0.0739. The van der Waals surface area contributed by atoms with Crippen LogP contribution in [0.25, 0.3) is 0 Å². The number of ether oxygens (including phenoxy) is 1. The van der Waals surface area contributed by atoms with E-state index in [-0.39, 0.29) is 5.91 Å². The van der Waals surface area contributed by atoms with Crippen LogP contribution in [0.2, 0.25) is 0 Å². The van der Waals surface area contributed by atoms with E-state index in [0.29, 0.717) is 18.0 Å². The summed E-state index contributed by atoms with van der Waals surface area (Å²) < 4.78 is 5.10. The maximum absolute atomic E-state index is 12.2. The number of rotatable bonds is 5. The third-order valence-corrected chi connectivity index (χ3v) is 4.54. The number of benzene rings is 1. The van der Waals surface area contributed by atoms with Crippen molar-refractivity contribution in [1.29, 1.82) is 0 Å². The monoisotopic (exact) mass is 309 g/mol. The highest BCUT2D eigenvalue weighted by atomic mass is 35.5. The average Bonchev–Trinajstić information content (AvgIpc) is 2.86. The van der Waals surface area contributed by atoms with Crippen LogP contribution in [0.15, 0.2) is 29.6 Å². The molecular weight excluding hydrogens is 294 g/mol. The predicted octanol–water partition coefficient (Wildman–Crippen LogP) is 3.73. The van der Waals surface area contributed by atoms with E-state index in [1.807, 2.05) is 36.6 Å². The number of hydrogen-bond acceptors (Lipinski definition) is 3. The van der Waals surface area contributed by atoms with Crippen molar-refractivity contribution in [1.82, 2.24) is 5.32 Å². The van der Waals surface area contributed by atoms with Crippen LogP contribution in [0, 0.1) is 6.92 Å². The number of halogens is 1. The summed E-state index contributed by atoms with van der Waals surface area (Å²) in [5, 5.41) is 4.88. The van der Waals surface area contributed by atoms with Crippen molar-refractivity contribution in [2.75, 3.05) is 7.11 Å². The van der Waals surface area contributed by atoms with Crippen molar-refractivity contribution in [2.24, 2.45) is 0 Å². The Hall–Kier alpha value is -1.52. The maximum atomic E-state index is 12.2. The van der Waals surface area contributed by atoms with Gasteiger partial charge in [-0.05, 0) is 35.6 Å². The molecule has 0 fully saturated rings. The van der Waals surface area contributed by atoms with Gasteiger partial charge >= 0.3 is 0 Å². The number of aryl methyl sites for hydroxylation is 1. The van der Waals surface area contributed by atoms with E-state index in [4.69, 9.17) is 16.3 Å². The van der Waals surface area contributed by atoms with Gasteiger partial charge in [0, 0.05) is 11.4 Å². The maximum Gasteiger partial charge on any atom is 0.252 e. The van der Waals surface area contributed by atoms with Crippen LogP contribution in [-0.2, 0) is 12.4 Å². The van der Waals surface area contributed by atoms with Gasteiger partial charge in [0.15, 0.2) is 0 Å². The Labute approximate surface area is 127 Å². The van der Waals surface area contributed by atoms with E-state index in [9.17, 15) is 4.79 Å². The number of amides is 1. The summed E-state index contributed by atoms with van der Waals surface area (Å²) in [6.45, 7) is 2.41. The third-order valence-electron chi connectivity index (χ3n) is 3.01. The molecule has 0 saturated carbocycles. The Balaban J connectivity index is 2.02. The summed E-state index contributed by atoms with van der Waals surface area (Å²) in [7, 11) is 1.63. The fourth-order valence-corrected chi connectivity index (χ4v) is 3.11. The summed E-state index contributed by atoms with van der Waals surface area (Å²) in [6.07, 6.45) is 0. The standard InChI is InChI=1S/C15H16ClNO2S/c1-10-9-20-13(7-16)14(10)15(18)17-8-11-3-5-12(19-2)6-4-11/h3-6,9H,7-8H2,1-2H3,(H,17,18). The fraction of sp³-hybridized carbons (Fsp3) is 0.267. The molecule has 3 nitrogen and oxygen atoms in total. The second kappa shape index (κ2) is 6.77. The van der Waals surface area contributed by atoms with Gasteiger partial charge in [-0.3, -0.25) is 4.79 Å². The van der Waals surface area contributed by atoms with Crippen molar-refractivity contribution in [2.45, 2.75) is 19.3 Å². The molecule has 1 aromatic heterocycles. The Morgan fingerprint density at radius 2 is 2.05 bits per heavy atom. The van der Waals surface area contributed by atoms with Gasteiger partial charge in [-0.2, -0.15) is 0 Å². The Bertz CT molecular complexity index is 592. The SMILES string of the molecule is COc1ccc(CNC(=O)c2c(C)csc2CCl)cc1. The minimum atomic E-state index is -0.0739. The first kappa shape index (κ1) is 14.9. The summed E-state index contributed by atoms with van der Waals surface area (Å²) >= 11 is 7.38. The van der Waals surface area contributed by atoms with Crippen LogP contribution < -0.4 is 10.1 Å². The Kier molecular flexibility index (Phi) is 5.04. The summed E-state index contributed by atoms with van der Waals surface area (Å²) in [5.41, 5.74) is 2.70. The van der Waals surface area contributed by atoms with Gasteiger partial charge in [0.05, 0.1) is 18.6 Å². The van der Waals surface area contributed by atoms with Crippen LogP contribution in [0.4, 0.5) is 0 Å². The van der Waals surface area contributed by atoms with Crippen LogP contribution in [-0.4, -0.2) is 13.0 Å². The third kappa shape index (κ3) is 3.32. The molecule has 0 aliphatic heterocycles. The van der Waals surface area contributed by atoms with Crippen molar-refractivity contribution >= 4 is 28.8 Å². The zero-order valence-corrected chi connectivity index (χ0v) is 13.0. The van der Waals surface area contributed by atoms with E-state index in [1.54, 1.807) is 7.11 Å². The molecule has 1 aromatic carbocycles. The van der Waals surface area contributed by atoms with Gasteiger partial charge in [-0.25, -0.2) is 0 Å². The van der Waals surface area contributed by atoms with E-state index < -0.39 is 0 Å². The Morgan fingerprint density at radius 1 is 1.35 bits per heavy atom. The van der Waals surface area contributed by atoms with Crippen LogP contribution >= 0.6 is 22.9 Å². The minimum Gasteiger partial charge on any atom is -0.497 e. The zero-order chi connectivity index (χ0) is 14.5. The molecule has 0 aliphatic rings. The number of hydrogen-bond donors (Lipinski definition) is 1. The van der Waals surface area contributed by atoms with Crippen molar-refractivity contribution in [3.05, 3.63) is 51.2 Å². The smallest absolute Gasteiger partial charge is 0.252 e. The largest absolute Gasteiger partial charge is 0.497 e. The quantitative estimate of drug-likeness (QED) is 0.855. The molecule has 1 heterocycles. The topological polar surface area (TPSA) is 38.3 Å². The lowest BCUT2D eigenvalue weighted by molar-refractivity contribution is 0.0950. The number of nitrogens with one attached hydrogen (secondary N) is 1. The molecule has 20 heavy (non-hydrogen) atoms. The molecule has 2 rings (SSSR count). The van der Waals surface area contributed by atoms with Gasteiger partial charge in [-0.15, -0.1) is 22.9 Å². The van der Waals surface area contributed by atoms with Crippen molar-refractivity contribution < 1.29 is 9.53 Å². The number of thiophene rings is 1. The molecule has 0 aliphatic carbocycles. The predicted molar refractivity (Wildman–Crippen MR) is 82.8 cm³/mol. The number of alkyl halides is 1. The fourth-order valence-electron chi connectivity index (χ4n) is 1.92. The van der Waals surface area contributed by atoms with E-state index in [0.717, 1.165) is 21.8 Å².